The van der Waals surface area contributed by atoms with Crippen molar-refractivity contribution >= 4 is 29.5 Å². The first-order chi connectivity index (χ1) is 15.0. The quantitative estimate of drug-likeness (QED) is 0.348. The van der Waals surface area contributed by atoms with E-state index in [1.54, 1.807) is 6.21 Å². The summed E-state index contributed by atoms with van der Waals surface area (Å²) in [5, 5.41) is 7.39. The lowest BCUT2D eigenvalue weighted by Gasteiger charge is -2.27. The molecule has 0 saturated heterocycles. The van der Waals surface area contributed by atoms with Crippen LogP contribution in [0, 0.1) is 18.3 Å². The van der Waals surface area contributed by atoms with Gasteiger partial charge in [-0.2, -0.15) is 0 Å². The van der Waals surface area contributed by atoms with Gasteiger partial charge in [-0.05, 0) is 91.1 Å². The van der Waals surface area contributed by atoms with Crippen molar-refractivity contribution in [3.05, 3.63) is 77.0 Å². The van der Waals surface area contributed by atoms with Gasteiger partial charge in [-0.25, -0.2) is 0 Å². The Balaban J connectivity index is 1.92. The SMILES string of the molecule is C=C(/C=N\c1ccc(N(CC2CC2)c2cc(CC)cc(CC)c2)cc1C)/C(C=N)=C/N. The number of anilines is 2. The van der Waals surface area contributed by atoms with E-state index >= 15 is 0 Å². The van der Waals surface area contributed by atoms with Gasteiger partial charge in [0.2, 0.25) is 0 Å². The van der Waals surface area contributed by atoms with Gasteiger partial charge in [0.15, 0.2) is 0 Å². The van der Waals surface area contributed by atoms with Crippen molar-refractivity contribution in [2.24, 2.45) is 16.6 Å². The third-order valence-electron chi connectivity index (χ3n) is 5.86. The lowest BCUT2D eigenvalue weighted by Crippen LogP contribution is -2.20. The van der Waals surface area contributed by atoms with E-state index in [0.717, 1.165) is 36.6 Å². The predicted molar refractivity (Wildman–Crippen MR) is 134 cm³/mol. The van der Waals surface area contributed by atoms with Crippen LogP contribution in [0.15, 0.2) is 65.3 Å². The summed E-state index contributed by atoms with van der Waals surface area (Å²) in [5.74, 6) is 0.777. The van der Waals surface area contributed by atoms with Gasteiger partial charge in [-0.1, -0.05) is 26.5 Å². The van der Waals surface area contributed by atoms with Crippen LogP contribution < -0.4 is 10.6 Å². The fourth-order valence-electron chi connectivity index (χ4n) is 3.65. The topological polar surface area (TPSA) is 65.5 Å². The molecule has 4 heteroatoms. The van der Waals surface area contributed by atoms with E-state index in [9.17, 15) is 0 Å². The predicted octanol–water partition coefficient (Wildman–Crippen LogP) is 6.42. The number of nitrogens with two attached hydrogens (primary N) is 1. The summed E-state index contributed by atoms with van der Waals surface area (Å²) in [6.45, 7) is 11.5. The zero-order chi connectivity index (χ0) is 22.4. The first-order valence-electron chi connectivity index (χ1n) is 11.2. The minimum Gasteiger partial charge on any atom is -0.404 e. The molecule has 1 aliphatic rings. The average molecular weight is 415 g/mol. The van der Waals surface area contributed by atoms with Gasteiger partial charge >= 0.3 is 0 Å². The Morgan fingerprint density at radius 2 is 1.81 bits per heavy atom. The van der Waals surface area contributed by atoms with Crippen molar-refractivity contribution in [3.63, 3.8) is 0 Å². The highest BCUT2D eigenvalue weighted by Gasteiger charge is 2.26. The van der Waals surface area contributed by atoms with Gasteiger partial charge < -0.3 is 16.0 Å². The van der Waals surface area contributed by atoms with E-state index in [2.05, 4.69) is 73.6 Å². The number of hydrogen-bond donors (Lipinski definition) is 2. The lowest BCUT2D eigenvalue weighted by molar-refractivity contribution is 0.812. The van der Waals surface area contributed by atoms with Crippen LogP contribution in [0.1, 0.15) is 43.4 Å². The Morgan fingerprint density at radius 3 is 2.32 bits per heavy atom. The third-order valence-corrected chi connectivity index (χ3v) is 5.86. The van der Waals surface area contributed by atoms with E-state index in [1.165, 1.54) is 47.8 Å². The summed E-state index contributed by atoms with van der Waals surface area (Å²) in [5.41, 5.74) is 14.0. The summed E-state index contributed by atoms with van der Waals surface area (Å²) >= 11 is 0. The highest BCUT2D eigenvalue weighted by molar-refractivity contribution is 5.97. The number of hydrogen-bond acceptors (Lipinski definition) is 4. The molecule has 1 saturated carbocycles. The van der Waals surface area contributed by atoms with E-state index < -0.39 is 0 Å². The second-order valence-electron chi connectivity index (χ2n) is 8.29. The Kier molecular flexibility index (Phi) is 7.45. The van der Waals surface area contributed by atoms with Crippen LogP contribution >= 0.6 is 0 Å². The summed E-state index contributed by atoms with van der Waals surface area (Å²) in [7, 11) is 0. The van der Waals surface area contributed by atoms with Crippen molar-refractivity contribution in [1.82, 2.24) is 0 Å². The van der Waals surface area contributed by atoms with E-state index in [1.807, 2.05) is 0 Å². The van der Waals surface area contributed by atoms with Crippen LogP contribution in [0.25, 0.3) is 0 Å². The van der Waals surface area contributed by atoms with Crippen LogP contribution in [0.4, 0.5) is 17.1 Å². The first-order valence-corrected chi connectivity index (χ1v) is 11.2. The number of nitrogens with zero attached hydrogens (tertiary/aromatic N) is 2. The van der Waals surface area contributed by atoms with Gasteiger partial charge in [0.1, 0.15) is 0 Å². The maximum atomic E-state index is 7.39. The molecule has 2 aromatic rings. The molecule has 0 amide bonds. The molecule has 0 aliphatic heterocycles. The van der Waals surface area contributed by atoms with Gasteiger partial charge in [0, 0.05) is 42.1 Å². The van der Waals surface area contributed by atoms with Crippen molar-refractivity contribution in [3.8, 4) is 0 Å². The van der Waals surface area contributed by atoms with Crippen LogP contribution in [-0.4, -0.2) is 19.0 Å². The number of rotatable bonds is 10. The lowest BCUT2D eigenvalue weighted by atomic mass is 10.0. The number of allylic oxidation sites excluding steroid dienone is 2. The molecular formula is C27H34N4. The molecule has 0 unspecified atom stereocenters. The zero-order valence-electron chi connectivity index (χ0n) is 19.0. The summed E-state index contributed by atoms with van der Waals surface area (Å²) in [6.07, 6.45) is 8.96. The Labute approximate surface area is 186 Å². The van der Waals surface area contributed by atoms with Crippen LogP contribution in [0.3, 0.4) is 0 Å². The van der Waals surface area contributed by atoms with Crippen molar-refractivity contribution in [1.29, 1.82) is 5.41 Å². The molecule has 0 spiro atoms. The average Bonchev–Trinajstić information content (AvgIpc) is 3.61. The van der Waals surface area contributed by atoms with E-state index in [0.29, 0.717) is 11.1 Å². The minimum atomic E-state index is 0.566. The van der Waals surface area contributed by atoms with Gasteiger partial charge in [0.05, 0.1) is 5.69 Å². The molecule has 0 radical (unpaired) electrons. The first kappa shape index (κ1) is 22.5. The zero-order valence-corrected chi connectivity index (χ0v) is 19.0. The van der Waals surface area contributed by atoms with Crippen LogP contribution in [-0.2, 0) is 12.8 Å². The molecule has 1 fully saturated rings. The minimum absolute atomic E-state index is 0.566. The monoisotopic (exact) mass is 414 g/mol. The number of benzene rings is 2. The molecule has 0 aromatic heterocycles. The Morgan fingerprint density at radius 1 is 1.13 bits per heavy atom. The maximum absolute atomic E-state index is 7.39. The molecule has 3 rings (SSSR count). The third kappa shape index (κ3) is 5.72. The molecule has 1 aliphatic carbocycles. The second-order valence-corrected chi connectivity index (χ2v) is 8.29. The Bertz CT molecular complexity index is 990. The maximum Gasteiger partial charge on any atom is 0.0660 e. The van der Waals surface area contributed by atoms with E-state index in [-0.39, 0.29) is 0 Å². The van der Waals surface area contributed by atoms with Crippen molar-refractivity contribution in [2.75, 3.05) is 11.4 Å². The largest absolute Gasteiger partial charge is 0.404 e. The number of aliphatic imine (C=N–C) groups is 1. The van der Waals surface area contributed by atoms with Crippen molar-refractivity contribution in [2.45, 2.75) is 46.5 Å². The fourth-order valence-corrected chi connectivity index (χ4v) is 3.65. The number of aryl methyl sites for hydroxylation is 3. The summed E-state index contributed by atoms with van der Waals surface area (Å²) in [6, 6.07) is 13.4. The standard InChI is InChI=1S/C27H34N4/c1-5-21-12-22(6-2)14-26(13-21)31(18-23-7-8-23)25-9-10-27(19(3)11-25)30-17-20(4)24(15-28)16-29/h9-17,23,28H,4-8,18,29H2,1-3H3/b24-16+,28-15?,30-17-. The molecule has 0 heterocycles. The van der Waals surface area contributed by atoms with Crippen LogP contribution in [0.2, 0.25) is 0 Å². The highest BCUT2D eigenvalue weighted by atomic mass is 15.1. The molecule has 162 valence electrons. The Hall–Kier alpha value is -3.14. The molecule has 0 atom stereocenters. The summed E-state index contributed by atoms with van der Waals surface area (Å²) < 4.78 is 0. The normalized spacial score (nSPS) is 14.1. The summed E-state index contributed by atoms with van der Waals surface area (Å²) in [4.78, 5) is 7.05. The smallest absolute Gasteiger partial charge is 0.0660 e. The molecule has 2 aromatic carbocycles. The van der Waals surface area contributed by atoms with Gasteiger partial charge in [0.25, 0.3) is 0 Å². The van der Waals surface area contributed by atoms with E-state index in [4.69, 9.17) is 11.1 Å². The second kappa shape index (κ2) is 10.3. The molecule has 4 nitrogen and oxygen atoms in total. The fraction of sp³-hybridized carbons (Fsp3) is 0.333. The molecule has 3 N–H and O–H groups in total. The molecule has 31 heavy (non-hydrogen) atoms. The molecule has 0 bridgehead atoms. The number of nitrogens with one attached hydrogen (secondary N) is 1. The van der Waals surface area contributed by atoms with Crippen molar-refractivity contribution < 1.29 is 0 Å². The van der Waals surface area contributed by atoms with Crippen LogP contribution in [0.5, 0.6) is 0 Å². The molecular weight excluding hydrogens is 380 g/mol. The van der Waals surface area contributed by atoms with Gasteiger partial charge in [-0.3, -0.25) is 4.99 Å². The van der Waals surface area contributed by atoms with Gasteiger partial charge in [-0.15, -0.1) is 0 Å². The highest BCUT2D eigenvalue weighted by Crippen LogP contribution is 2.37.